The van der Waals surface area contributed by atoms with Crippen molar-refractivity contribution in [1.29, 1.82) is 0 Å². The molecule has 1 aromatic carbocycles. The van der Waals surface area contributed by atoms with E-state index in [0.29, 0.717) is 17.1 Å². The van der Waals surface area contributed by atoms with Gasteiger partial charge in [-0.05, 0) is 18.6 Å². The van der Waals surface area contributed by atoms with E-state index in [0.717, 1.165) is 17.7 Å². The zero-order valence-corrected chi connectivity index (χ0v) is 16.7. The van der Waals surface area contributed by atoms with Gasteiger partial charge in [0.1, 0.15) is 10.7 Å². The van der Waals surface area contributed by atoms with E-state index < -0.39 is 6.10 Å². The van der Waals surface area contributed by atoms with Crippen molar-refractivity contribution in [3.05, 3.63) is 41.0 Å². The minimum Gasteiger partial charge on any atom is -0.425 e. The van der Waals surface area contributed by atoms with Gasteiger partial charge in [-0.25, -0.2) is 4.79 Å². The molecule has 4 heteroatoms. The van der Waals surface area contributed by atoms with Gasteiger partial charge in [-0.15, -0.1) is 0 Å². The highest BCUT2D eigenvalue weighted by Crippen LogP contribution is 2.38. The number of carbonyl (C=O) groups is 1. The third kappa shape index (κ3) is 7.55. The van der Waals surface area contributed by atoms with Crippen LogP contribution in [0.25, 0.3) is 0 Å². The van der Waals surface area contributed by atoms with Crippen LogP contribution < -0.4 is 0 Å². The molecule has 0 radical (unpaired) electrons. The van der Waals surface area contributed by atoms with E-state index in [2.05, 4.69) is 6.92 Å². The molecule has 0 spiro atoms. The molecule has 26 heavy (non-hydrogen) atoms. The fraction of sp³-hybridized carbons (Fsp3) is 0.591. The van der Waals surface area contributed by atoms with E-state index in [1.807, 2.05) is 30.3 Å². The Kier molecular flexibility index (Phi) is 9.86. The van der Waals surface area contributed by atoms with Crippen LogP contribution >= 0.6 is 11.8 Å². The highest BCUT2D eigenvalue weighted by Gasteiger charge is 2.32. The van der Waals surface area contributed by atoms with Crippen molar-refractivity contribution in [2.24, 2.45) is 0 Å². The third-order valence-electron chi connectivity index (χ3n) is 4.68. The molecule has 0 aliphatic carbocycles. The van der Waals surface area contributed by atoms with Crippen LogP contribution in [0.4, 0.5) is 0 Å². The van der Waals surface area contributed by atoms with Crippen molar-refractivity contribution in [3.8, 4) is 0 Å². The van der Waals surface area contributed by atoms with Gasteiger partial charge in [0.2, 0.25) is 0 Å². The monoisotopic (exact) mass is 376 g/mol. The van der Waals surface area contributed by atoms with Gasteiger partial charge in [0.05, 0.1) is 6.10 Å². The number of cyclic esters (lactones) is 1. The molecule has 0 fully saturated rings. The minimum absolute atomic E-state index is 0.274. The van der Waals surface area contributed by atoms with Crippen LogP contribution in [0.15, 0.2) is 45.9 Å². The Morgan fingerprint density at radius 1 is 0.962 bits per heavy atom. The summed E-state index contributed by atoms with van der Waals surface area (Å²) in [5, 5.41) is 10.2. The van der Waals surface area contributed by atoms with Gasteiger partial charge >= 0.3 is 5.97 Å². The second-order valence-electron chi connectivity index (χ2n) is 7.03. The molecule has 2 rings (SSSR count). The van der Waals surface area contributed by atoms with E-state index in [9.17, 15) is 9.90 Å². The maximum absolute atomic E-state index is 11.7. The number of ether oxygens (including phenoxy) is 1. The first-order valence-corrected chi connectivity index (χ1v) is 10.9. The van der Waals surface area contributed by atoms with E-state index in [1.54, 1.807) is 0 Å². The van der Waals surface area contributed by atoms with E-state index in [4.69, 9.17) is 4.74 Å². The molecule has 0 bridgehead atoms. The highest BCUT2D eigenvalue weighted by atomic mass is 32.2. The first kappa shape index (κ1) is 21.0. The van der Waals surface area contributed by atoms with Crippen molar-refractivity contribution in [1.82, 2.24) is 0 Å². The molecule has 1 aliphatic heterocycles. The Balaban J connectivity index is 1.60. The van der Waals surface area contributed by atoms with Gasteiger partial charge in [0.25, 0.3) is 0 Å². The maximum Gasteiger partial charge on any atom is 0.353 e. The van der Waals surface area contributed by atoms with Crippen molar-refractivity contribution < 1.29 is 14.6 Å². The molecule has 0 aromatic heterocycles. The molecule has 144 valence electrons. The SMILES string of the molecule is CCCCCCCCCCC[C@H](O)CC1=C(Sc2ccccc2)C(=O)O1. The van der Waals surface area contributed by atoms with Crippen LogP contribution in [-0.2, 0) is 9.53 Å². The van der Waals surface area contributed by atoms with Crippen LogP contribution in [0.3, 0.4) is 0 Å². The number of carbonyl (C=O) groups excluding carboxylic acids is 1. The fourth-order valence-electron chi connectivity index (χ4n) is 3.12. The molecule has 1 N–H and O–H groups in total. The molecular weight excluding hydrogens is 344 g/mol. The Morgan fingerprint density at radius 2 is 1.58 bits per heavy atom. The molecule has 0 saturated carbocycles. The normalized spacial score (nSPS) is 14.9. The molecule has 0 unspecified atom stereocenters. The predicted molar refractivity (Wildman–Crippen MR) is 108 cm³/mol. The van der Waals surface area contributed by atoms with Crippen LogP contribution in [0.2, 0.25) is 0 Å². The zero-order valence-electron chi connectivity index (χ0n) is 15.9. The molecule has 1 atom stereocenters. The first-order chi connectivity index (χ1) is 12.7. The van der Waals surface area contributed by atoms with Gasteiger partial charge in [-0.1, -0.05) is 94.7 Å². The summed E-state index contributed by atoms with van der Waals surface area (Å²) >= 11 is 1.43. The largest absolute Gasteiger partial charge is 0.425 e. The van der Waals surface area contributed by atoms with E-state index in [1.165, 1.54) is 63.1 Å². The summed E-state index contributed by atoms with van der Waals surface area (Å²) in [5.74, 6) is 0.372. The Morgan fingerprint density at radius 3 is 2.19 bits per heavy atom. The number of thioether (sulfide) groups is 1. The lowest BCUT2D eigenvalue weighted by molar-refractivity contribution is -0.139. The second-order valence-corrected chi connectivity index (χ2v) is 8.12. The summed E-state index contributed by atoms with van der Waals surface area (Å²) in [7, 11) is 0. The number of aliphatic hydroxyl groups is 1. The van der Waals surface area contributed by atoms with Crippen LogP contribution in [0, 0.1) is 0 Å². The average Bonchev–Trinajstić information content (AvgIpc) is 2.65. The summed E-state index contributed by atoms with van der Waals surface area (Å²) in [6.45, 7) is 2.25. The van der Waals surface area contributed by atoms with Gasteiger partial charge in [0.15, 0.2) is 0 Å². The molecule has 0 saturated heterocycles. The third-order valence-corrected chi connectivity index (χ3v) is 5.79. The Bertz CT molecular complexity index is 568. The average molecular weight is 377 g/mol. The summed E-state index contributed by atoms with van der Waals surface area (Å²) in [6, 6.07) is 9.79. The highest BCUT2D eigenvalue weighted by molar-refractivity contribution is 8.04. The summed E-state index contributed by atoms with van der Waals surface area (Å²) in [4.78, 5) is 13.3. The maximum atomic E-state index is 11.7. The molecule has 1 aromatic rings. The Labute approximate surface area is 162 Å². The van der Waals surface area contributed by atoms with Crippen LogP contribution in [0.5, 0.6) is 0 Å². The smallest absolute Gasteiger partial charge is 0.353 e. The lowest BCUT2D eigenvalue weighted by Gasteiger charge is -2.23. The van der Waals surface area contributed by atoms with Gasteiger partial charge < -0.3 is 9.84 Å². The number of hydrogen-bond acceptors (Lipinski definition) is 4. The van der Waals surface area contributed by atoms with Crippen LogP contribution in [0.1, 0.15) is 77.6 Å². The molecule has 3 nitrogen and oxygen atoms in total. The number of unbranched alkanes of at least 4 members (excludes halogenated alkanes) is 8. The second kappa shape index (κ2) is 12.2. The molecular formula is C22H32O3S. The molecule has 1 aliphatic rings. The number of aliphatic hydroxyl groups excluding tert-OH is 1. The van der Waals surface area contributed by atoms with Crippen LogP contribution in [-0.4, -0.2) is 17.2 Å². The van der Waals surface area contributed by atoms with E-state index >= 15 is 0 Å². The Hall–Kier alpha value is -1.26. The number of rotatable bonds is 14. The van der Waals surface area contributed by atoms with Crippen molar-refractivity contribution >= 4 is 17.7 Å². The topological polar surface area (TPSA) is 46.5 Å². The number of benzene rings is 1. The number of hydrogen-bond donors (Lipinski definition) is 1. The van der Waals surface area contributed by atoms with Gasteiger partial charge in [-0.2, -0.15) is 0 Å². The molecule has 1 heterocycles. The quantitative estimate of drug-likeness (QED) is 0.309. The summed E-state index contributed by atoms with van der Waals surface area (Å²) < 4.78 is 5.15. The summed E-state index contributed by atoms with van der Waals surface area (Å²) in [5.41, 5.74) is 0. The lowest BCUT2D eigenvalue weighted by Crippen LogP contribution is -2.23. The first-order valence-electron chi connectivity index (χ1n) is 10.1. The van der Waals surface area contributed by atoms with E-state index in [-0.39, 0.29) is 5.97 Å². The predicted octanol–water partition coefficient (Wildman–Crippen LogP) is 6.22. The van der Waals surface area contributed by atoms with Crippen molar-refractivity contribution in [2.75, 3.05) is 0 Å². The lowest BCUT2D eigenvalue weighted by atomic mass is 10.0. The van der Waals surface area contributed by atoms with Crippen molar-refractivity contribution in [3.63, 3.8) is 0 Å². The summed E-state index contributed by atoms with van der Waals surface area (Å²) in [6.07, 6.45) is 12.3. The molecule has 0 amide bonds. The van der Waals surface area contributed by atoms with Gasteiger partial charge in [-0.3, -0.25) is 0 Å². The van der Waals surface area contributed by atoms with Gasteiger partial charge in [0, 0.05) is 11.3 Å². The van der Waals surface area contributed by atoms with Crippen molar-refractivity contribution in [2.45, 2.75) is 88.6 Å². The standard InChI is InChI=1S/C22H32O3S/c1-2-3-4-5-6-7-8-9-11-14-18(23)17-20-21(22(24)25-20)26-19-15-12-10-13-16-19/h10,12-13,15-16,18,23H,2-9,11,14,17H2,1H3/t18-/m0/s1. The fourth-order valence-corrected chi connectivity index (χ4v) is 4.01. The minimum atomic E-state index is -0.422. The zero-order chi connectivity index (χ0) is 18.6. The number of esters is 1.